The average molecular weight is 292 g/mol. The molecule has 3 aromatic rings. The second kappa shape index (κ2) is 5.50. The van der Waals surface area contributed by atoms with Crippen molar-refractivity contribution in [2.24, 2.45) is 0 Å². The highest BCUT2D eigenvalue weighted by molar-refractivity contribution is 5.86. The van der Waals surface area contributed by atoms with Crippen molar-refractivity contribution in [1.29, 1.82) is 0 Å². The van der Waals surface area contributed by atoms with Crippen LogP contribution >= 0.6 is 0 Å². The summed E-state index contributed by atoms with van der Waals surface area (Å²) in [6.07, 6.45) is 1.09. The Morgan fingerprint density at radius 3 is 2.82 bits per heavy atom. The highest BCUT2D eigenvalue weighted by Gasteiger charge is 2.20. The van der Waals surface area contributed by atoms with Crippen LogP contribution in [0.5, 0.6) is 5.75 Å². The van der Waals surface area contributed by atoms with E-state index in [0.717, 1.165) is 31.8 Å². The Morgan fingerprint density at radius 1 is 1.14 bits per heavy atom. The summed E-state index contributed by atoms with van der Waals surface area (Å²) in [5, 5.41) is 1.31. The van der Waals surface area contributed by atoms with Crippen LogP contribution in [0.1, 0.15) is 16.8 Å². The van der Waals surface area contributed by atoms with E-state index in [0.29, 0.717) is 0 Å². The topological polar surface area (TPSA) is 28.3 Å². The quantitative estimate of drug-likeness (QED) is 0.796. The maximum Gasteiger partial charge on any atom is 0.119 e. The third kappa shape index (κ3) is 2.38. The number of nitrogens with one attached hydrogen (secondary N) is 1. The number of ether oxygens (including phenoxy) is 1. The summed E-state index contributed by atoms with van der Waals surface area (Å²) >= 11 is 0. The fourth-order valence-electron chi connectivity index (χ4n) is 3.38. The van der Waals surface area contributed by atoms with Crippen LogP contribution in [0.15, 0.2) is 48.5 Å². The average Bonchev–Trinajstić information content (AvgIpc) is 2.92. The Bertz CT molecular complexity index is 792. The molecule has 1 aromatic heterocycles. The van der Waals surface area contributed by atoms with E-state index in [9.17, 15) is 0 Å². The summed E-state index contributed by atoms with van der Waals surface area (Å²) in [6, 6.07) is 17.0. The van der Waals surface area contributed by atoms with Crippen LogP contribution in [0, 0.1) is 0 Å². The van der Waals surface area contributed by atoms with Crippen LogP contribution in [-0.2, 0) is 19.5 Å². The number of H-pyrrole nitrogens is 1. The minimum atomic E-state index is 0.931. The van der Waals surface area contributed by atoms with Gasteiger partial charge < -0.3 is 9.72 Å². The summed E-state index contributed by atoms with van der Waals surface area (Å²) in [7, 11) is 1.72. The van der Waals surface area contributed by atoms with E-state index in [2.05, 4.69) is 52.3 Å². The lowest BCUT2D eigenvalue weighted by Gasteiger charge is -2.27. The number of benzene rings is 2. The second-order valence-corrected chi connectivity index (χ2v) is 5.94. The van der Waals surface area contributed by atoms with Crippen LogP contribution in [0.3, 0.4) is 0 Å². The third-order valence-electron chi connectivity index (χ3n) is 4.51. The third-order valence-corrected chi connectivity index (χ3v) is 4.51. The van der Waals surface area contributed by atoms with E-state index < -0.39 is 0 Å². The second-order valence-electron chi connectivity index (χ2n) is 5.94. The first-order chi connectivity index (χ1) is 10.8. The zero-order chi connectivity index (χ0) is 14.9. The molecule has 0 spiro atoms. The molecular weight excluding hydrogens is 272 g/mol. The maximum atomic E-state index is 5.36. The summed E-state index contributed by atoms with van der Waals surface area (Å²) in [5.74, 6) is 0.931. The zero-order valence-corrected chi connectivity index (χ0v) is 12.8. The van der Waals surface area contributed by atoms with Gasteiger partial charge in [0.2, 0.25) is 0 Å². The molecule has 0 aliphatic carbocycles. The van der Waals surface area contributed by atoms with Crippen LogP contribution < -0.4 is 4.74 Å². The van der Waals surface area contributed by atoms with Gasteiger partial charge in [-0.1, -0.05) is 30.3 Å². The van der Waals surface area contributed by atoms with Crippen LogP contribution in [0.2, 0.25) is 0 Å². The molecule has 3 nitrogen and oxygen atoms in total. The van der Waals surface area contributed by atoms with Crippen LogP contribution in [-0.4, -0.2) is 23.5 Å². The number of hydrogen-bond donors (Lipinski definition) is 1. The fourth-order valence-corrected chi connectivity index (χ4v) is 3.38. The van der Waals surface area contributed by atoms with Crippen LogP contribution in [0.25, 0.3) is 10.9 Å². The molecular formula is C19H20N2O. The van der Waals surface area contributed by atoms with Gasteiger partial charge in [0.25, 0.3) is 0 Å². The number of methoxy groups -OCH3 is 1. The number of aromatic nitrogens is 1. The number of aromatic amines is 1. The van der Waals surface area contributed by atoms with Gasteiger partial charge >= 0.3 is 0 Å². The van der Waals surface area contributed by atoms with Gasteiger partial charge in [0.15, 0.2) is 0 Å². The lowest BCUT2D eigenvalue weighted by Crippen LogP contribution is -2.29. The van der Waals surface area contributed by atoms with Crippen molar-refractivity contribution in [3.63, 3.8) is 0 Å². The summed E-state index contributed by atoms with van der Waals surface area (Å²) < 4.78 is 5.36. The number of rotatable bonds is 3. The number of nitrogens with zero attached hydrogens (tertiary/aromatic N) is 1. The summed E-state index contributed by atoms with van der Waals surface area (Å²) in [4.78, 5) is 6.09. The Kier molecular flexibility index (Phi) is 3.35. The first-order valence-electron chi connectivity index (χ1n) is 7.77. The fraction of sp³-hybridized carbons (Fsp3) is 0.263. The smallest absolute Gasteiger partial charge is 0.119 e. The maximum absolute atomic E-state index is 5.36. The molecule has 112 valence electrons. The lowest BCUT2D eigenvalue weighted by atomic mass is 10.0. The van der Waals surface area contributed by atoms with Gasteiger partial charge in [0, 0.05) is 36.2 Å². The zero-order valence-electron chi connectivity index (χ0n) is 12.8. The molecule has 1 N–H and O–H groups in total. The number of fused-ring (bicyclic) bond motifs is 3. The minimum absolute atomic E-state index is 0.931. The Balaban J connectivity index is 1.61. The SMILES string of the molecule is COc1ccc2[nH]c3c(c2c1)CCN(Cc1ccccc1)C3. The van der Waals surface area contributed by atoms with Gasteiger partial charge in [-0.15, -0.1) is 0 Å². The number of hydrogen-bond acceptors (Lipinski definition) is 2. The van der Waals surface area contributed by atoms with Gasteiger partial charge in [-0.3, -0.25) is 4.90 Å². The predicted octanol–water partition coefficient (Wildman–Crippen LogP) is 3.73. The van der Waals surface area contributed by atoms with Gasteiger partial charge in [-0.05, 0) is 35.7 Å². The van der Waals surface area contributed by atoms with E-state index in [1.165, 1.54) is 27.7 Å². The van der Waals surface area contributed by atoms with Crippen molar-refractivity contribution >= 4 is 10.9 Å². The normalized spacial score (nSPS) is 15.0. The molecule has 1 aliphatic rings. The largest absolute Gasteiger partial charge is 0.497 e. The van der Waals surface area contributed by atoms with Crippen molar-refractivity contribution in [1.82, 2.24) is 9.88 Å². The van der Waals surface area contributed by atoms with E-state index in [4.69, 9.17) is 4.74 Å². The van der Waals surface area contributed by atoms with E-state index in [1.54, 1.807) is 7.11 Å². The summed E-state index contributed by atoms with van der Waals surface area (Å²) in [5.41, 5.74) is 5.40. The Morgan fingerprint density at radius 2 is 2.00 bits per heavy atom. The molecule has 0 unspecified atom stereocenters. The van der Waals surface area contributed by atoms with E-state index in [1.807, 2.05) is 6.07 Å². The molecule has 22 heavy (non-hydrogen) atoms. The molecule has 2 heterocycles. The predicted molar refractivity (Wildman–Crippen MR) is 89.1 cm³/mol. The van der Waals surface area contributed by atoms with Crippen molar-refractivity contribution in [3.05, 3.63) is 65.4 Å². The molecule has 0 amide bonds. The van der Waals surface area contributed by atoms with Gasteiger partial charge in [0.1, 0.15) is 5.75 Å². The molecule has 0 saturated heterocycles. The molecule has 0 atom stereocenters. The molecule has 2 aromatic carbocycles. The Labute approximate surface area is 130 Å². The van der Waals surface area contributed by atoms with Crippen molar-refractivity contribution in [3.8, 4) is 5.75 Å². The molecule has 4 rings (SSSR count). The van der Waals surface area contributed by atoms with Crippen LogP contribution in [0.4, 0.5) is 0 Å². The molecule has 0 bridgehead atoms. The molecule has 0 fully saturated rings. The van der Waals surface area contributed by atoms with E-state index >= 15 is 0 Å². The molecule has 1 aliphatic heterocycles. The highest BCUT2D eigenvalue weighted by atomic mass is 16.5. The molecule has 0 saturated carbocycles. The standard InChI is InChI=1S/C19H20N2O/c1-22-15-7-8-18-17(11-15)16-9-10-21(13-19(16)20-18)12-14-5-3-2-4-6-14/h2-8,11,20H,9-10,12-13H2,1H3. The first kappa shape index (κ1) is 13.4. The minimum Gasteiger partial charge on any atom is -0.497 e. The van der Waals surface area contributed by atoms with Crippen molar-refractivity contribution < 1.29 is 4.74 Å². The van der Waals surface area contributed by atoms with E-state index in [-0.39, 0.29) is 0 Å². The monoisotopic (exact) mass is 292 g/mol. The highest BCUT2D eigenvalue weighted by Crippen LogP contribution is 2.30. The van der Waals surface area contributed by atoms with Crippen molar-refractivity contribution in [2.75, 3.05) is 13.7 Å². The van der Waals surface area contributed by atoms with Gasteiger partial charge in [-0.2, -0.15) is 0 Å². The first-order valence-corrected chi connectivity index (χ1v) is 7.77. The van der Waals surface area contributed by atoms with Crippen molar-refractivity contribution in [2.45, 2.75) is 19.5 Å². The lowest BCUT2D eigenvalue weighted by molar-refractivity contribution is 0.243. The molecule has 0 radical (unpaired) electrons. The van der Waals surface area contributed by atoms with Gasteiger partial charge in [0.05, 0.1) is 7.11 Å². The van der Waals surface area contributed by atoms with Gasteiger partial charge in [-0.25, -0.2) is 0 Å². The Hall–Kier alpha value is -2.26. The molecule has 3 heteroatoms. The summed E-state index contributed by atoms with van der Waals surface area (Å²) in [6.45, 7) is 3.10.